The van der Waals surface area contributed by atoms with E-state index in [1.807, 2.05) is 51.2 Å². The number of carbonyl (C=O) groups excluding carboxylic acids is 1. The van der Waals surface area contributed by atoms with Crippen LogP contribution in [-0.4, -0.2) is 44.9 Å². The SMILES string of the molecule is CCNc1cc(C)nc(NCCNC(=O)c2c(C)nc3ccccn23)n1. The van der Waals surface area contributed by atoms with Gasteiger partial charge in [0.1, 0.15) is 17.2 Å². The topological polar surface area (TPSA) is 96.2 Å². The van der Waals surface area contributed by atoms with Crippen LogP contribution < -0.4 is 16.0 Å². The first-order chi connectivity index (χ1) is 12.6. The molecule has 0 unspecified atom stereocenters. The maximum atomic E-state index is 12.5. The Hall–Kier alpha value is -3.16. The van der Waals surface area contributed by atoms with E-state index in [9.17, 15) is 4.79 Å². The number of anilines is 2. The van der Waals surface area contributed by atoms with E-state index in [2.05, 4.69) is 30.9 Å². The van der Waals surface area contributed by atoms with Gasteiger partial charge in [0.05, 0.1) is 5.69 Å². The third-order valence-corrected chi connectivity index (χ3v) is 3.83. The number of imidazole rings is 1. The van der Waals surface area contributed by atoms with Crippen molar-refractivity contribution in [3.05, 3.63) is 47.5 Å². The van der Waals surface area contributed by atoms with Gasteiger partial charge in [0.25, 0.3) is 5.91 Å². The number of hydrogen-bond acceptors (Lipinski definition) is 6. The maximum Gasteiger partial charge on any atom is 0.270 e. The smallest absolute Gasteiger partial charge is 0.270 e. The van der Waals surface area contributed by atoms with Crippen molar-refractivity contribution >= 4 is 23.3 Å². The molecule has 136 valence electrons. The molecule has 0 aliphatic heterocycles. The number of aryl methyl sites for hydroxylation is 2. The van der Waals surface area contributed by atoms with Gasteiger partial charge in [-0.05, 0) is 32.9 Å². The highest BCUT2D eigenvalue weighted by Gasteiger charge is 2.15. The van der Waals surface area contributed by atoms with E-state index < -0.39 is 0 Å². The Morgan fingerprint density at radius 1 is 1.12 bits per heavy atom. The lowest BCUT2D eigenvalue weighted by molar-refractivity contribution is 0.0948. The van der Waals surface area contributed by atoms with Crippen molar-refractivity contribution in [3.63, 3.8) is 0 Å². The summed E-state index contributed by atoms with van der Waals surface area (Å²) in [5.74, 6) is 1.18. The molecule has 0 atom stereocenters. The van der Waals surface area contributed by atoms with Gasteiger partial charge < -0.3 is 16.0 Å². The molecular weight excluding hydrogens is 330 g/mol. The van der Waals surface area contributed by atoms with E-state index in [1.54, 1.807) is 4.40 Å². The molecule has 0 saturated carbocycles. The van der Waals surface area contributed by atoms with E-state index in [0.29, 0.717) is 30.4 Å². The Balaban J connectivity index is 1.58. The summed E-state index contributed by atoms with van der Waals surface area (Å²) in [6.07, 6.45) is 1.84. The first-order valence-corrected chi connectivity index (χ1v) is 8.63. The minimum Gasteiger partial charge on any atom is -0.370 e. The quantitative estimate of drug-likeness (QED) is 0.562. The maximum absolute atomic E-state index is 12.5. The number of fused-ring (bicyclic) bond motifs is 1. The monoisotopic (exact) mass is 353 g/mol. The minimum atomic E-state index is -0.151. The fourth-order valence-corrected chi connectivity index (χ4v) is 2.74. The molecule has 0 aliphatic carbocycles. The van der Waals surface area contributed by atoms with Gasteiger partial charge in [-0.1, -0.05) is 6.07 Å². The molecule has 3 aromatic rings. The zero-order valence-electron chi connectivity index (χ0n) is 15.2. The van der Waals surface area contributed by atoms with Crippen LogP contribution in [0, 0.1) is 13.8 Å². The summed E-state index contributed by atoms with van der Waals surface area (Å²) in [6, 6.07) is 7.55. The van der Waals surface area contributed by atoms with Crippen molar-refractivity contribution in [2.45, 2.75) is 20.8 Å². The minimum absolute atomic E-state index is 0.151. The van der Waals surface area contributed by atoms with Gasteiger partial charge in [0.15, 0.2) is 0 Å². The summed E-state index contributed by atoms with van der Waals surface area (Å²) in [5.41, 5.74) is 2.90. The summed E-state index contributed by atoms with van der Waals surface area (Å²) in [6.45, 7) is 7.54. The Morgan fingerprint density at radius 3 is 2.77 bits per heavy atom. The number of rotatable bonds is 7. The molecule has 0 fully saturated rings. The Kier molecular flexibility index (Phi) is 5.31. The summed E-state index contributed by atoms with van der Waals surface area (Å²) in [5, 5.41) is 9.22. The number of nitrogens with zero attached hydrogens (tertiary/aromatic N) is 4. The molecule has 1 amide bonds. The second-order valence-electron chi connectivity index (χ2n) is 5.91. The van der Waals surface area contributed by atoms with Crippen LogP contribution in [0.1, 0.15) is 28.8 Å². The molecule has 3 aromatic heterocycles. The van der Waals surface area contributed by atoms with Crippen molar-refractivity contribution in [2.24, 2.45) is 0 Å². The van der Waals surface area contributed by atoms with Crippen LogP contribution in [0.25, 0.3) is 5.65 Å². The summed E-state index contributed by atoms with van der Waals surface area (Å²) < 4.78 is 1.80. The van der Waals surface area contributed by atoms with Crippen molar-refractivity contribution in [3.8, 4) is 0 Å². The molecule has 0 bridgehead atoms. The van der Waals surface area contributed by atoms with Gasteiger partial charge >= 0.3 is 0 Å². The largest absolute Gasteiger partial charge is 0.370 e. The molecular formula is C18H23N7O. The van der Waals surface area contributed by atoms with Crippen LogP contribution in [0.4, 0.5) is 11.8 Å². The number of amides is 1. The van der Waals surface area contributed by atoms with Gasteiger partial charge in [-0.3, -0.25) is 9.20 Å². The Morgan fingerprint density at radius 2 is 1.96 bits per heavy atom. The van der Waals surface area contributed by atoms with Crippen LogP contribution >= 0.6 is 0 Å². The Bertz CT molecular complexity index is 919. The van der Waals surface area contributed by atoms with E-state index in [1.165, 1.54) is 0 Å². The molecule has 8 nitrogen and oxygen atoms in total. The zero-order chi connectivity index (χ0) is 18.5. The predicted octanol–water partition coefficient (Wildman–Crippen LogP) is 2.01. The van der Waals surface area contributed by atoms with Crippen molar-refractivity contribution in [2.75, 3.05) is 30.3 Å². The van der Waals surface area contributed by atoms with Gasteiger partial charge in [0, 0.05) is 37.6 Å². The van der Waals surface area contributed by atoms with Crippen molar-refractivity contribution in [1.82, 2.24) is 24.7 Å². The number of nitrogens with one attached hydrogen (secondary N) is 3. The molecule has 3 heterocycles. The van der Waals surface area contributed by atoms with Gasteiger partial charge in [-0.2, -0.15) is 4.98 Å². The molecule has 0 aliphatic rings. The summed E-state index contributed by atoms with van der Waals surface area (Å²) >= 11 is 0. The molecule has 0 aromatic carbocycles. The Labute approximate surface area is 152 Å². The summed E-state index contributed by atoms with van der Waals surface area (Å²) in [4.78, 5) is 25.6. The van der Waals surface area contributed by atoms with Crippen LogP contribution in [0.2, 0.25) is 0 Å². The van der Waals surface area contributed by atoms with Gasteiger partial charge in [-0.15, -0.1) is 0 Å². The number of hydrogen-bond donors (Lipinski definition) is 3. The molecule has 3 rings (SSSR count). The van der Waals surface area contributed by atoms with Crippen LogP contribution in [0.3, 0.4) is 0 Å². The van der Waals surface area contributed by atoms with E-state index in [4.69, 9.17) is 0 Å². The van der Waals surface area contributed by atoms with E-state index >= 15 is 0 Å². The lowest BCUT2D eigenvalue weighted by atomic mass is 10.3. The van der Waals surface area contributed by atoms with Crippen LogP contribution in [0.5, 0.6) is 0 Å². The predicted molar refractivity (Wildman–Crippen MR) is 102 cm³/mol. The van der Waals surface area contributed by atoms with Crippen molar-refractivity contribution in [1.29, 1.82) is 0 Å². The van der Waals surface area contributed by atoms with Gasteiger partial charge in [0.2, 0.25) is 5.95 Å². The highest BCUT2D eigenvalue weighted by Crippen LogP contribution is 2.11. The third-order valence-electron chi connectivity index (χ3n) is 3.83. The lowest BCUT2D eigenvalue weighted by Gasteiger charge is -2.10. The molecule has 0 radical (unpaired) electrons. The summed E-state index contributed by atoms with van der Waals surface area (Å²) in [7, 11) is 0. The number of pyridine rings is 1. The molecule has 0 saturated heterocycles. The zero-order valence-corrected chi connectivity index (χ0v) is 15.2. The fraction of sp³-hybridized carbons (Fsp3) is 0.333. The second-order valence-corrected chi connectivity index (χ2v) is 5.91. The second kappa shape index (κ2) is 7.81. The van der Waals surface area contributed by atoms with Crippen LogP contribution in [0.15, 0.2) is 30.5 Å². The average Bonchev–Trinajstić information content (AvgIpc) is 2.94. The highest BCUT2D eigenvalue weighted by atomic mass is 16.1. The molecule has 3 N–H and O–H groups in total. The van der Waals surface area contributed by atoms with E-state index in [0.717, 1.165) is 23.7 Å². The highest BCUT2D eigenvalue weighted by molar-refractivity contribution is 5.94. The normalized spacial score (nSPS) is 10.7. The standard InChI is InChI=1S/C18H23N7O/c1-4-19-14-11-12(2)22-18(24-14)21-9-8-20-17(26)16-13(3)23-15-7-5-6-10-25(15)16/h5-7,10-11H,4,8-9H2,1-3H3,(H,20,26)(H2,19,21,22,24). The molecule has 26 heavy (non-hydrogen) atoms. The van der Waals surface area contributed by atoms with Crippen molar-refractivity contribution < 1.29 is 4.79 Å². The fourth-order valence-electron chi connectivity index (χ4n) is 2.74. The van der Waals surface area contributed by atoms with Crippen LogP contribution in [-0.2, 0) is 0 Å². The molecule has 8 heteroatoms. The van der Waals surface area contributed by atoms with E-state index in [-0.39, 0.29) is 5.91 Å². The number of aromatic nitrogens is 4. The number of carbonyl (C=O) groups is 1. The third kappa shape index (κ3) is 3.90. The first kappa shape index (κ1) is 17.7. The lowest BCUT2D eigenvalue weighted by Crippen LogP contribution is -2.30. The van der Waals surface area contributed by atoms with Gasteiger partial charge in [-0.25, -0.2) is 9.97 Å². The first-order valence-electron chi connectivity index (χ1n) is 8.63. The molecule has 0 spiro atoms. The average molecular weight is 353 g/mol.